The van der Waals surface area contributed by atoms with Crippen molar-refractivity contribution in [1.82, 2.24) is 0 Å². The summed E-state index contributed by atoms with van der Waals surface area (Å²) in [6.07, 6.45) is 14.1. The lowest BCUT2D eigenvalue weighted by atomic mass is 9.96. The van der Waals surface area contributed by atoms with Crippen LogP contribution in [0.3, 0.4) is 0 Å². The van der Waals surface area contributed by atoms with Crippen molar-refractivity contribution in [2.75, 3.05) is 0 Å². The summed E-state index contributed by atoms with van der Waals surface area (Å²) in [5.74, 6) is 8.82. The zero-order chi connectivity index (χ0) is 39.1. The van der Waals surface area contributed by atoms with Gasteiger partial charge in [-0.1, -0.05) is 152 Å². The standard InChI is InChI=1S/C44H35NO2.C7H8.H4N2/c1-3-13-35(29-40(33-14-6-4-7-15-33)45-37-17-8-5-9-18-37)36-26-27-42-39(28-36)44-34(16-12-21-43(44)47-42)25-24-32-23-22-31(2)38-19-10-11-20-41(38)46-30-32;1-7-5-3-2-4-6-7;1-2/h3-23,26-30H,2,24-25H2,1H3;2-6H,1H3;1-2H2/b13-3-,23-22-,32-30+,35-29+,45-40?;;. The van der Waals surface area contributed by atoms with E-state index in [0.29, 0.717) is 0 Å². The Morgan fingerprint density at radius 3 is 2.11 bits per heavy atom. The molecular weight excluding hydrogens is 687 g/mol. The highest BCUT2D eigenvalue weighted by molar-refractivity contribution is 6.15. The SMILES string of the molecule is C=C1/C=C\C(CCc2cccc3oc4ccc(C(/C=C\C)=C/C(=Nc5ccccc5)c5ccccc5)cc4c23)=C/Oc2ccccc21.Cc1ccccc1.NN. The number of hydrazine groups is 1. The third kappa shape index (κ3) is 9.84. The van der Waals surface area contributed by atoms with E-state index < -0.39 is 0 Å². The third-order valence-electron chi connectivity index (χ3n) is 9.32. The molecule has 0 saturated heterocycles. The molecule has 0 spiro atoms. The second-order valence-electron chi connectivity index (χ2n) is 13.2. The first-order valence-electron chi connectivity index (χ1n) is 18.7. The van der Waals surface area contributed by atoms with E-state index in [9.17, 15) is 0 Å². The van der Waals surface area contributed by atoms with Crippen molar-refractivity contribution in [3.63, 3.8) is 0 Å². The minimum atomic E-state index is 0.817. The molecule has 0 atom stereocenters. The van der Waals surface area contributed by atoms with Gasteiger partial charge in [0.25, 0.3) is 0 Å². The number of fused-ring (bicyclic) bond motifs is 4. The molecule has 8 rings (SSSR count). The zero-order valence-corrected chi connectivity index (χ0v) is 31.9. The average Bonchev–Trinajstić information content (AvgIpc) is 3.63. The number of nitrogens with two attached hydrogens (primary N) is 2. The van der Waals surface area contributed by atoms with E-state index in [1.165, 1.54) is 11.1 Å². The highest BCUT2D eigenvalue weighted by atomic mass is 16.5. The normalized spacial score (nSPS) is 14.3. The van der Waals surface area contributed by atoms with Gasteiger partial charge in [0.1, 0.15) is 16.9 Å². The van der Waals surface area contributed by atoms with Gasteiger partial charge in [-0.2, -0.15) is 0 Å². The number of aliphatic imine (C=N–C) groups is 1. The number of allylic oxidation sites excluding steroid dienone is 8. The van der Waals surface area contributed by atoms with Gasteiger partial charge in [0.05, 0.1) is 17.7 Å². The minimum absolute atomic E-state index is 0.817. The van der Waals surface area contributed by atoms with Crippen LogP contribution in [0.1, 0.15) is 41.2 Å². The molecule has 56 heavy (non-hydrogen) atoms. The van der Waals surface area contributed by atoms with Crippen LogP contribution in [0.2, 0.25) is 0 Å². The number of rotatable bonds is 8. The van der Waals surface area contributed by atoms with Gasteiger partial charge in [-0.3, -0.25) is 11.7 Å². The molecule has 1 aromatic heterocycles. The van der Waals surface area contributed by atoms with Crippen LogP contribution in [-0.4, -0.2) is 5.71 Å². The van der Waals surface area contributed by atoms with E-state index in [4.69, 9.17) is 14.1 Å². The van der Waals surface area contributed by atoms with Gasteiger partial charge < -0.3 is 9.15 Å². The predicted octanol–water partition coefficient (Wildman–Crippen LogP) is 12.7. The van der Waals surface area contributed by atoms with E-state index >= 15 is 0 Å². The molecule has 2 heterocycles. The highest BCUT2D eigenvalue weighted by Gasteiger charge is 2.15. The molecule has 0 saturated carbocycles. The van der Waals surface area contributed by atoms with Gasteiger partial charge in [0, 0.05) is 21.9 Å². The predicted molar refractivity (Wildman–Crippen MR) is 237 cm³/mol. The number of para-hydroxylation sites is 2. The number of nitrogens with zero attached hydrogens (tertiary/aromatic N) is 1. The number of aryl methyl sites for hydroxylation is 2. The zero-order valence-electron chi connectivity index (χ0n) is 31.9. The van der Waals surface area contributed by atoms with Crippen molar-refractivity contribution in [2.24, 2.45) is 16.7 Å². The molecule has 1 aliphatic heterocycles. The Kier molecular flexibility index (Phi) is 13.6. The minimum Gasteiger partial charge on any atom is -0.464 e. The fraction of sp³-hybridized carbons (Fsp3) is 0.0784. The number of furan rings is 1. The van der Waals surface area contributed by atoms with Gasteiger partial charge in [0.15, 0.2) is 0 Å². The van der Waals surface area contributed by atoms with Crippen LogP contribution < -0.4 is 16.4 Å². The largest absolute Gasteiger partial charge is 0.464 e. The van der Waals surface area contributed by atoms with E-state index in [1.54, 1.807) is 0 Å². The fourth-order valence-electron chi connectivity index (χ4n) is 6.54. The smallest absolute Gasteiger partial charge is 0.135 e. The Bertz CT molecular complexity index is 2540. The second kappa shape index (κ2) is 19.5. The number of ether oxygens (including phenoxy) is 1. The Balaban J connectivity index is 0.000000527. The van der Waals surface area contributed by atoms with Gasteiger partial charge in [-0.25, -0.2) is 4.99 Å². The lowest BCUT2D eigenvalue weighted by molar-refractivity contribution is 0.473. The van der Waals surface area contributed by atoms with Gasteiger partial charge >= 0.3 is 0 Å². The molecule has 0 amide bonds. The monoisotopic (exact) mass is 733 g/mol. The summed E-state index contributed by atoms with van der Waals surface area (Å²) in [6.45, 7) is 8.38. The lowest BCUT2D eigenvalue weighted by Crippen LogP contribution is -2.02. The molecule has 0 radical (unpaired) electrons. The average molecular weight is 734 g/mol. The third-order valence-corrected chi connectivity index (χ3v) is 9.32. The molecular formula is C51H47N3O2. The number of hydrogen-bond acceptors (Lipinski definition) is 5. The van der Waals surface area contributed by atoms with Gasteiger partial charge in [-0.05, 0) is 97.0 Å². The summed E-state index contributed by atoms with van der Waals surface area (Å²) in [6, 6.07) is 51.5. The first-order valence-corrected chi connectivity index (χ1v) is 18.7. The Labute approximate surface area is 330 Å². The topological polar surface area (TPSA) is 86.8 Å². The Hall–Kier alpha value is -6.79. The van der Waals surface area contributed by atoms with Crippen LogP contribution in [0.25, 0.3) is 33.1 Å². The van der Waals surface area contributed by atoms with E-state index in [1.807, 2.05) is 104 Å². The van der Waals surface area contributed by atoms with Gasteiger partial charge in [-0.15, -0.1) is 0 Å². The van der Waals surface area contributed by atoms with Crippen LogP contribution in [0, 0.1) is 6.92 Å². The summed E-state index contributed by atoms with van der Waals surface area (Å²) in [4.78, 5) is 5.05. The van der Waals surface area contributed by atoms with Crippen molar-refractivity contribution in [1.29, 1.82) is 0 Å². The maximum absolute atomic E-state index is 6.37. The molecule has 278 valence electrons. The summed E-state index contributed by atoms with van der Waals surface area (Å²) in [5, 5.41) is 2.25. The summed E-state index contributed by atoms with van der Waals surface area (Å²) in [5.41, 5.74) is 12.4. The van der Waals surface area contributed by atoms with Crippen LogP contribution in [0.4, 0.5) is 5.69 Å². The summed E-state index contributed by atoms with van der Waals surface area (Å²) in [7, 11) is 0. The number of benzene rings is 6. The van der Waals surface area contributed by atoms with Crippen molar-refractivity contribution in [3.8, 4) is 5.75 Å². The van der Waals surface area contributed by atoms with Crippen LogP contribution in [0.15, 0.2) is 210 Å². The first kappa shape index (κ1) is 38.9. The van der Waals surface area contributed by atoms with Crippen LogP contribution >= 0.6 is 0 Å². The second-order valence-corrected chi connectivity index (χ2v) is 13.2. The molecule has 0 unspecified atom stereocenters. The van der Waals surface area contributed by atoms with Crippen molar-refractivity contribution in [2.45, 2.75) is 26.7 Å². The quantitative estimate of drug-likeness (QED) is 0.0704. The Morgan fingerprint density at radius 1 is 0.696 bits per heavy atom. The molecule has 7 aromatic rings. The molecule has 5 nitrogen and oxygen atoms in total. The van der Waals surface area contributed by atoms with E-state index in [-0.39, 0.29) is 0 Å². The maximum Gasteiger partial charge on any atom is 0.135 e. The fourth-order valence-corrected chi connectivity index (χ4v) is 6.54. The van der Waals surface area contributed by atoms with Crippen molar-refractivity contribution in [3.05, 3.63) is 228 Å². The number of hydrogen-bond donors (Lipinski definition) is 2. The molecule has 5 heteroatoms. The first-order chi connectivity index (χ1) is 27.6. The molecule has 0 aliphatic carbocycles. The van der Waals surface area contributed by atoms with Crippen molar-refractivity contribution < 1.29 is 9.15 Å². The summed E-state index contributed by atoms with van der Waals surface area (Å²) >= 11 is 0. The molecule has 6 aromatic carbocycles. The summed E-state index contributed by atoms with van der Waals surface area (Å²) < 4.78 is 12.5. The maximum atomic E-state index is 6.37. The molecule has 4 N–H and O–H groups in total. The highest BCUT2D eigenvalue weighted by Crippen LogP contribution is 2.35. The van der Waals surface area contributed by atoms with E-state index in [2.05, 4.69) is 116 Å². The molecule has 0 fully saturated rings. The van der Waals surface area contributed by atoms with Crippen LogP contribution in [-0.2, 0) is 6.42 Å². The van der Waals surface area contributed by atoms with Crippen molar-refractivity contribution >= 4 is 44.5 Å². The molecule has 1 aliphatic rings. The van der Waals surface area contributed by atoms with Crippen LogP contribution in [0.5, 0.6) is 5.75 Å². The van der Waals surface area contributed by atoms with Gasteiger partial charge in [0.2, 0.25) is 0 Å². The van der Waals surface area contributed by atoms with E-state index in [0.717, 1.165) is 85.3 Å². The molecule has 0 bridgehead atoms. The Morgan fingerprint density at radius 2 is 1.39 bits per heavy atom. The lowest BCUT2D eigenvalue weighted by Gasteiger charge is -2.13.